The summed E-state index contributed by atoms with van der Waals surface area (Å²) < 4.78 is 10.5. The van der Waals surface area contributed by atoms with Crippen LogP contribution in [0, 0.1) is 0 Å². The topological polar surface area (TPSA) is 61.3 Å². The first-order valence-electron chi connectivity index (χ1n) is 5.83. The first-order valence-corrected chi connectivity index (χ1v) is 5.83. The van der Waals surface area contributed by atoms with Gasteiger partial charge in [-0.3, -0.25) is 0 Å². The van der Waals surface area contributed by atoms with Crippen LogP contribution in [0.5, 0.6) is 5.75 Å². The Hall–Kier alpha value is -1.97. The summed E-state index contributed by atoms with van der Waals surface area (Å²) in [5, 5.41) is 3.94. The summed E-state index contributed by atoms with van der Waals surface area (Å²) in [6.07, 6.45) is 0. The van der Waals surface area contributed by atoms with Gasteiger partial charge in [0.25, 0.3) is 0 Å². The van der Waals surface area contributed by atoms with Crippen LogP contribution >= 0.6 is 0 Å². The van der Waals surface area contributed by atoms with Crippen LogP contribution in [0.25, 0.3) is 11.3 Å². The number of nitrogens with two attached hydrogens (primary N) is 1. The number of anilines is 1. The molecule has 18 heavy (non-hydrogen) atoms. The molecule has 4 nitrogen and oxygen atoms in total. The summed E-state index contributed by atoms with van der Waals surface area (Å²) >= 11 is 0. The second-order valence-corrected chi connectivity index (χ2v) is 5.25. The molecule has 1 aromatic heterocycles. The maximum atomic E-state index is 5.56. The normalized spacial score (nSPS) is 11.6. The second kappa shape index (κ2) is 4.37. The average Bonchev–Trinajstić information content (AvgIpc) is 2.73. The van der Waals surface area contributed by atoms with Crippen molar-refractivity contribution in [1.82, 2.24) is 5.16 Å². The largest absolute Gasteiger partial charge is 0.496 e. The lowest BCUT2D eigenvalue weighted by atomic mass is 9.85. The fourth-order valence-electron chi connectivity index (χ4n) is 1.97. The van der Waals surface area contributed by atoms with E-state index >= 15 is 0 Å². The zero-order valence-corrected chi connectivity index (χ0v) is 11.2. The third kappa shape index (κ3) is 2.18. The first kappa shape index (κ1) is 12.5. The Bertz CT molecular complexity index is 553. The molecule has 0 spiro atoms. The zero-order chi connectivity index (χ0) is 13.3. The molecule has 96 valence electrons. The molecule has 0 fully saturated rings. The third-order valence-electron chi connectivity index (χ3n) is 2.83. The molecule has 0 aliphatic heterocycles. The summed E-state index contributed by atoms with van der Waals surface area (Å²) in [6, 6.07) is 7.70. The monoisotopic (exact) mass is 246 g/mol. The lowest BCUT2D eigenvalue weighted by molar-refractivity contribution is 0.397. The highest BCUT2D eigenvalue weighted by molar-refractivity contribution is 5.71. The van der Waals surface area contributed by atoms with Crippen LogP contribution in [0.2, 0.25) is 0 Å². The number of hydrogen-bond acceptors (Lipinski definition) is 4. The zero-order valence-electron chi connectivity index (χ0n) is 11.2. The van der Waals surface area contributed by atoms with Crippen molar-refractivity contribution in [2.75, 3.05) is 12.8 Å². The molecule has 0 aliphatic carbocycles. The van der Waals surface area contributed by atoms with E-state index in [9.17, 15) is 0 Å². The van der Waals surface area contributed by atoms with Crippen molar-refractivity contribution in [2.24, 2.45) is 0 Å². The van der Waals surface area contributed by atoms with Crippen LogP contribution in [0.3, 0.4) is 0 Å². The number of hydrogen-bond donors (Lipinski definition) is 1. The number of rotatable bonds is 2. The van der Waals surface area contributed by atoms with E-state index in [1.165, 1.54) is 0 Å². The highest BCUT2D eigenvalue weighted by Crippen LogP contribution is 2.38. The van der Waals surface area contributed by atoms with Crippen molar-refractivity contribution in [1.29, 1.82) is 0 Å². The van der Waals surface area contributed by atoms with Gasteiger partial charge in [-0.2, -0.15) is 0 Å². The predicted molar refractivity (Wildman–Crippen MR) is 71.6 cm³/mol. The number of methoxy groups -OCH3 is 1. The summed E-state index contributed by atoms with van der Waals surface area (Å²) in [5.74, 6) is 1.12. The highest BCUT2D eigenvalue weighted by Gasteiger charge is 2.22. The fraction of sp³-hybridized carbons (Fsp3) is 0.357. The lowest BCUT2D eigenvalue weighted by Gasteiger charge is -2.23. The summed E-state index contributed by atoms with van der Waals surface area (Å²) in [7, 11) is 1.66. The molecule has 0 radical (unpaired) electrons. The molecule has 0 atom stereocenters. The number of nitrogen functional groups attached to an aromatic ring is 1. The molecule has 0 amide bonds. The maximum absolute atomic E-state index is 5.56. The van der Waals surface area contributed by atoms with Gasteiger partial charge in [-0.25, -0.2) is 0 Å². The maximum Gasteiger partial charge on any atom is 0.222 e. The standard InChI is InChI=1S/C14H18N2O2/c1-14(2,3)10-7-5-6-9(13(10)17-4)11-8-12(15)18-16-11/h5-8H,15H2,1-4H3. The van der Waals surface area contributed by atoms with Crippen molar-refractivity contribution in [3.8, 4) is 17.0 Å². The highest BCUT2D eigenvalue weighted by atomic mass is 16.5. The Morgan fingerprint density at radius 3 is 2.50 bits per heavy atom. The second-order valence-electron chi connectivity index (χ2n) is 5.25. The van der Waals surface area contributed by atoms with Gasteiger partial charge >= 0.3 is 0 Å². The summed E-state index contributed by atoms with van der Waals surface area (Å²) in [6.45, 7) is 6.43. The van der Waals surface area contributed by atoms with Gasteiger partial charge in [0, 0.05) is 17.2 Å². The van der Waals surface area contributed by atoms with Gasteiger partial charge in [0.2, 0.25) is 5.88 Å². The lowest BCUT2D eigenvalue weighted by Crippen LogP contribution is -2.13. The molecule has 2 aromatic rings. The number of benzene rings is 1. The Balaban J connectivity index is 2.62. The van der Waals surface area contributed by atoms with Gasteiger partial charge in [0.15, 0.2) is 0 Å². The minimum absolute atomic E-state index is 0.00334. The molecule has 0 saturated carbocycles. The van der Waals surface area contributed by atoms with Crippen molar-refractivity contribution < 1.29 is 9.26 Å². The molecule has 0 bridgehead atoms. The van der Waals surface area contributed by atoms with Crippen molar-refractivity contribution >= 4 is 5.88 Å². The van der Waals surface area contributed by atoms with E-state index in [0.29, 0.717) is 11.6 Å². The average molecular weight is 246 g/mol. The van der Waals surface area contributed by atoms with Crippen molar-refractivity contribution in [3.05, 3.63) is 29.8 Å². The molecule has 1 heterocycles. The van der Waals surface area contributed by atoms with Crippen LogP contribution in [0.4, 0.5) is 5.88 Å². The summed E-state index contributed by atoms with van der Waals surface area (Å²) in [4.78, 5) is 0. The SMILES string of the molecule is COc1c(-c2cc(N)on2)cccc1C(C)(C)C. The smallest absolute Gasteiger partial charge is 0.222 e. The molecular weight excluding hydrogens is 228 g/mol. The molecule has 0 aliphatic rings. The van der Waals surface area contributed by atoms with Gasteiger partial charge < -0.3 is 15.0 Å². The first-order chi connectivity index (χ1) is 8.43. The van der Waals surface area contributed by atoms with Crippen molar-refractivity contribution in [2.45, 2.75) is 26.2 Å². The van der Waals surface area contributed by atoms with E-state index in [2.05, 4.69) is 32.0 Å². The van der Waals surface area contributed by atoms with E-state index in [1.54, 1.807) is 13.2 Å². The van der Waals surface area contributed by atoms with E-state index in [0.717, 1.165) is 16.9 Å². The van der Waals surface area contributed by atoms with Gasteiger partial charge in [0.1, 0.15) is 11.4 Å². The molecule has 2 rings (SSSR count). The fourth-order valence-corrected chi connectivity index (χ4v) is 1.97. The van der Waals surface area contributed by atoms with Gasteiger partial charge in [-0.15, -0.1) is 0 Å². The number of aromatic nitrogens is 1. The third-order valence-corrected chi connectivity index (χ3v) is 2.83. The van der Waals surface area contributed by atoms with Crippen LogP contribution in [0.15, 0.2) is 28.8 Å². The Labute approximate surface area is 107 Å². The minimum Gasteiger partial charge on any atom is -0.496 e. The van der Waals surface area contributed by atoms with E-state index in [1.807, 2.05) is 12.1 Å². The van der Waals surface area contributed by atoms with Crippen molar-refractivity contribution in [3.63, 3.8) is 0 Å². The quantitative estimate of drug-likeness (QED) is 0.883. The van der Waals surface area contributed by atoms with Crippen LogP contribution in [0.1, 0.15) is 26.3 Å². The van der Waals surface area contributed by atoms with Gasteiger partial charge in [-0.1, -0.05) is 38.1 Å². The number of nitrogens with zero attached hydrogens (tertiary/aromatic N) is 1. The van der Waals surface area contributed by atoms with E-state index < -0.39 is 0 Å². The predicted octanol–water partition coefficient (Wildman–Crippen LogP) is 3.23. The van der Waals surface area contributed by atoms with Crippen LogP contribution in [-0.2, 0) is 5.41 Å². The molecule has 1 aromatic carbocycles. The molecule has 2 N–H and O–H groups in total. The van der Waals surface area contributed by atoms with E-state index in [4.69, 9.17) is 15.0 Å². The molecule has 4 heteroatoms. The van der Waals surface area contributed by atoms with Crippen LogP contribution < -0.4 is 10.5 Å². The Morgan fingerprint density at radius 1 is 1.28 bits per heavy atom. The van der Waals surface area contributed by atoms with E-state index in [-0.39, 0.29) is 5.41 Å². The molecule has 0 saturated heterocycles. The van der Waals surface area contributed by atoms with Gasteiger partial charge in [-0.05, 0) is 11.5 Å². The molecule has 0 unspecified atom stereocenters. The summed E-state index contributed by atoms with van der Waals surface area (Å²) in [5.41, 5.74) is 8.27. The van der Waals surface area contributed by atoms with Crippen LogP contribution in [-0.4, -0.2) is 12.3 Å². The number of para-hydroxylation sites is 1. The Kier molecular flexibility index (Phi) is 3.03. The Morgan fingerprint density at radius 2 is 2.00 bits per heavy atom. The van der Waals surface area contributed by atoms with Gasteiger partial charge in [0.05, 0.1) is 7.11 Å². The number of ether oxygens (including phenoxy) is 1. The molecular formula is C14H18N2O2. The minimum atomic E-state index is -0.00334.